The smallest absolute Gasteiger partial charge is 0.377 e. The molecule has 0 aliphatic carbocycles. The molecule has 0 aliphatic rings. The number of ether oxygens (including phenoxy) is 1. The molecule has 2 N–H and O–H groups in total. The van der Waals surface area contributed by atoms with Crippen molar-refractivity contribution in [3.05, 3.63) is 51.5 Å². The van der Waals surface area contributed by atoms with E-state index in [1.165, 1.54) is 0 Å². The lowest BCUT2D eigenvalue weighted by atomic mass is 10.1. The summed E-state index contributed by atoms with van der Waals surface area (Å²) in [5.41, 5.74) is 1.27. The zero-order chi connectivity index (χ0) is 19.0. The number of thiazole rings is 1. The second-order valence-corrected chi connectivity index (χ2v) is 6.25. The molecule has 2 aromatic rings. The van der Waals surface area contributed by atoms with Crippen molar-refractivity contribution in [1.82, 2.24) is 15.6 Å². The Balaban J connectivity index is 0.00000364. The number of hydrogen-bond acceptors (Lipinski definition) is 4. The number of aromatic nitrogens is 1. The Hall–Kier alpha value is -1.40. The molecule has 0 amide bonds. The third kappa shape index (κ3) is 7.62. The van der Waals surface area contributed by atoms with E-state index in [0.29, 0.717) is 30.7 Å². The van der Waals surface area contributed by atoms with Gasteiger partial charge in [0.25, 0.3) is 0 Å². The summed E-state index contributed by atoms with van der Waals surface area (Å²) in [6.45, 7) is 3.80. The lowest BCUT2D eigenvalue weighted by Gasteiger charge is -2.13. The van der Waals surface area contributed by atoms with Crippen molar-refractivity contribution in [2.24, 2.45) is 4.99 Å². The highest BCUT2D eigenvalue weighted by Crippen LogP contribution is 2.29. The lowest BCUT2D eigenvalue weighted by molar-refractivity contribution is -0.140. The van der Waals surface area contributed by atoms with Crippen LogP contribution in [-0.2, 0) is 30.6 Å². The van der Waals surface area contributed by atoms with Crippen molar-refractivity contribution in [2.45, 2.75) is 32.8 Å². The van der Waals surface area contributed by atoms with E-state index < -0.39 is 11.9 Å². The van der Waals surface area contributed by atoms with Crippen molar-refractivity contribution in [3.63, 3.8) is 0 Å². The van der Waals surface area contributed by atoms with Gasteiger partial charge >= 0.3 is 6.18 Å². The van der Waals surface area contributed by atoms with Crippen LogP contribution in [0.25, 0.3) is 0 Å². The van der Waals surface area contributed by atoms with E-state index in [9.17, 15) is 13.2 Å². The summed E-state index contributed by atoms with van der Waals surface area (Å²) >= 11 is 0.962. The number of guanidine groups is 1. The first-order chi connectivity index (χ1) is 12.4. The molecular formula is C17H22F3IN4OS. The van der Waals surface area contributed by atoms with Gasteiger partial charge in [-0.2, -0.15) is 13.2 Å². The maximum atomic E-state index is 12.6. The molecule has 2 rings (SSSR count). The van der Waals surface area contributed by atoms with Gasteiger partial charge in [-0.15, -0.1) is 35.3 Å². The Labute approximate surface area is 177 Å². The SMILES string of the molecule is CCOCc1ccccc1CNC(=NC)NCc1nc(C(F)(F)F)cs1.I. The van der Waals surface area contributed by atoms with Crippen LogP contribution < -0.4 is 10.6 Å². The van der Waals surface area contributed by atoms with E-state index in [4.69, 9.17) is 4.74 Å². The van der Waals surface area contributed by atoms with Crippen LogP contribution in [0.1, 0.15) is 28.8 Å². The van der Waals surface area contributed by atoms with Crippen molar-refractivity contribution in [1.29, 1.82) is 0 Å². The number of alkyl halides is 3. The third-order valence-corrected chi connectivity index (χ3v) is 4.35. The largest absolute Gasteiger partial charge is 0.434 e. The monoisotopic (exact) mass is 514 g/mol. The summed E-state index contributed by atoms with van der Waals surface area (Å²) in [6.07, 6.45) is -4.42. The average Bonchev–Trinajstić information content (AvgIpc) is 3.10. The first-order valence-corrected chi connectivity index (χ1v) is 8.92. The molecule has 10 heteroatoms. The molecule has 0 bridgehead atoms. The molecule has 150 valence electrons. The normalized spacial score (nSPS) is 11.8. The number of benzene rings is 1. The van der Waals surface area contributed by atoms with E-state index in [1.54, 1.807) is 7.05 Å². The number of halogens is 4. The molecule has 0 saturated heterocycles. The van der Waals surface area contributed by atoms with Crippen LogP contribution in [-0.4, -0.2) is 24.6 Å². The summed E-state index contributed by atoms with van der Waals surface area (Å²) < 4.78 is 43.2. The van der Waals surface area contributed by atoms with Crippen LogP contribution in [0.2, 0.25) is 0 Å². The minimum Gasteiger partial charge on any atom is -0.377 e. The second-order valence-electron chi connectivity index (χ2n) is 5.31. The molecule has 0 saturated carbocycles. The summed E-state index contributed by atoms with van der Waals surface area (Å²) in [5.74, 6) is 0.486. The maximum absolute atomic E-state index is 12.6. The number of nitrogens with one attached hydrogen (secondary N) is 2. The average molecular weight is 514 g/mol. The Morgan fingerprint density at radius 2 is 1.85 bits per heavy atom. The van der Waals surface area contributed by atoms with Gasteiger partial charge in [0.2, 0.25) is 0 Å². The van der Waals surface area contributed by atoms with E-state index >= 15 is 0 Å². The molecule has 0 aliphatic heterocycles. The van der Waals surface area contributed by atoms with Gasteiger partial charge in [-0.3, -0.25) is 4.99 Å². The number of aliphatic imine (C=N–C) groups is 1. The third-order valence-electron chi connectivity index (χ3n) is 3.50. The van der Waals surface area contributed by atoms with Crippen molar-refractivity contribution >= 4 is 41.3 Å². The zero-order valence-corrected chi connectivity index (χ0v) is 18.1. The van der Waals surface area contributed by atoms with Crippen LogP contribution in [0.3, 0.4) is 0 Å². The molecule has 27 heavy (non-hydrogen) atoms. The molecule has 1 aromatic carbocycles. The van der Waals surface area contributed by atoms with Crippen molar-refractivity contribution in [2.75, 3.05) is 13.7 Å². The maximum Gasteiger partial charge on any atom is 0.434 e. The minimum atomic E-state index is -4.42. The summed E-state index contributed by atoms with van der Waals surface area (Å²) in [6, 6.07) is 7.88. The van der Waals surface area contributed by atoms with Crippen LogP contribution in [0.15, 0.2) is 34.6 Å². The van der Waals surface area contributed by atoms with Crippen LogP contribution >= 0.6 is 35.3 Å². The quantitative estimate of drug-likeness (QED) is 0.331. The number of rotatable bonds is 7. The first kappa shape index (κ1) is 23.6. The highest BCUT2D eigenvalue weighted by atomic mass is 127. The topological polar surface area (TPSA) is 58.5 Å². The summed E-state index contributed by atoms with van der Waals surface area (Å²) in [5, 5.41) is 7.47. The van der Waals surface area contributed by atoms with Crippen LogP contribution in [0.4, 0.5) is 13.2 Å². The molecule has 1 aromatic heterocycles. The zero-order valence-electron chi connectivity index (χ0n) is 15.0. The summed E-state index contributed by atoms with van der Waals surface area (Å²) in [7, 11) is 1.60. The van der Waals surface area contributed by atoms with Crippen LogP contribution in [0.5, 0.6) is 0 Å². The number of nitrogens with zero attached hydrogens (tertiary/aromatic N) is 2. The molecule has 0 radical (unpaired) electrons. The van der Waals surface area contributed by atoms with E-state index in [2.05, 4.69) is 20.6 Å². The van der Waals surface area contributed by atoms with Crippen molar-refractivity contribution < 1.29 is 17.9 Å². The van der Waals surface area contributed by atoms with Gasteiger partial charge in [-0.1, -0.05) is 24.3 Å². The molecule has 0 spiro atoms. The molecule has 0 unspecified atom stereocenters. The Morgan fingerprint density at radius 1 is 1.19 bits per heavy atom. The highest BCUT2D eigenvalue weighted by molar-refractivity contribution is 14.0. The lowest BCUT2D eigenvalue weighted by Crippen LogP contribution is -2.36. The number of hydrogen-bond donors (Lipinski definition) is 2. The Bertz CT molecular complexity index is 737. The van der Waals surface area contributed by atoms with Gasteiger partial charge in [0, 0.05) is 25.6 Å². The second kappa shape index (κ2) is 11.4. The Kier molecular flexibility index (Phi) is 10.0. The van der Waals surface area contributed by atoms with E-state index in [1.807, 2.05) is 31.2 Å². The predicted octanol–water partition coefficient (Wildman–Crippen LogP) is 4.18. The van der Waals surface area contributed by atoms with Gasteiger partial charge in [0.1, 0.15) is 5.01 Å². The minimum absolute atomic E-state index is 0. The van der Waals surface area contributed by atoms with Gasteiger partial charge in [0.15, 0.2) is 11.7 Å². The molecular weight excluding hydrogens is 492 g/mol. The van der Waals surface area contributed by atoms with Gasteiger partial charge in [0.05, 0.1) is 13.2 Å². The van der Waals surface area contributed by atoms with E-state index in [0.717, 1.165) is 27.8 Å². The van der Waals surface area contributed by atoms with Gasteiger partial charge in [-0.25, -0.2) is 4.98 Å². The van der Waals surface area contributed by atoms with E-state index in [-0.39, 0.29) is 30.5 Å². The highest BCUT2D eigenvalue weighted by Gasteiger charge is 2.33. The van der Waals surface area contributed by atoms with Gasteiger partial charge < -0.3 is 15.4 Å². The fraction of sp³-hybridized carbons (Fsp3) is 0.412. The fourth-order valence-corrected chi connectivity index (χ4v) is 2.90. The first-order valence-electron chi connectivity index (χ1n) is 8.04. The van der Waals surface area contributed by atoms with Gasteiger partial charge in [-0.05, 0) is 18.1 Å². The predicted molar refractivity (Wildman–Crippen MR) is 111 cm³/mol. The molecule has 5 nitrogen and oxygen atoms in total. The molecule has 0 fully saturated rings. The van der Waals surface area contributed by atoms with Crippen LogP contribution in [0, 0.1) is 0 Å². The standard InChI is InChI=1S/C17H21F3N4OS.HI/c1-3-25-10-13-7-5-4-6-12(13)8-22-16(21-2)23-9-15-24-14(11-26-15)17(18,19)20;/h4-7,11H,3,8-10H2,1-2H3,(H2,21,22,23);1H. The molecule has 0 atom stereocenters. The van der Waals surface area contributed by atoms with Crippen molar-refractivity contribution in [3.8, 4) is 0 Å². The summed E-state index contributed by atoms with van der Waals surface area (Å²) in [4.78, 5) is 7.67. The Morgan fingerprint density at radius 3 is 2.44 bits per heavy atom. The fourth-order valence-electron chi connectivity index (χ4n) is 2.16. The molecule has 1 heterocycles.